The number of carbonyl (C=O) groups excluding carboxylic acids is 2. The maximum atomic E-state index is 12.1. The van der Waals surface area contributed by atoms with Gasteiger partial charge in [-0.05, 0) is 39.3 Å². The number of hydrogen-bond acceptors (Lipinski definition) is 4. The standard InChI is InChI=1S/C15H23N3O3/c1-5-15(3,4)18-14(20)9(2)21-12-10(13(17)19)7-6-8-11(12)16/h6-9H,5,16H2,1-4H3,(H2,17,19)(H,18,20). The number of amides is 2. The maximum absolute atomic E-state index is 12.1. The average Bonchev–Trinajstić information content (AvgIpc) is 2.40. The van der Waals surface area contributed by atoms with Gasteiger partial charge in [-0.1, -0.05) is 13.0 Å². The number of primary amides is 1. The Balaban J connectivity index is 2.91. The van der Waals surface area contributed by atoms with Gasteiger partial charge in [0.05, 0.1) is 11.3 Å². The van der Waals surface area contributed by atoms with E-state index in [4.69, 9.17) is 16.2 Å². The second-order valence-corrected chi connectivity index (χ2v) is 5.57. The lowest BCUT2D eigenvalue weighted by Crippen LogP contribution is -2.48. The quantitative estimate of drug-likeness (QED) is 0.690. The first-order chi connectivity index (χ1) is 9.68. The first kappa shape index (κ1) is 16.8. The zero-order valence-corrected chi connectivity index (χ0v) is 12.9. The largest absolute Gasteiger partial charge is 0.478 e. The first-order valence-corrected chi connectivity index (χ1v) is 6.85. The molecule has 1 atom stereocenters. The third-order valence-corrected chi connectivity index (χ3v) is 3.32. The number of rotatable bonds is 6. The number of nitrogens with two attached hydrogens (primary N) is 2. The molecule has 1 aromatic carbocycles. The molecule has 21 heavy (non-hydrogen) atoms. The molecule has 0 aromatic heterocycles. The second kappa shape index (κ2) is 6.47. The lowest BCUT2D eigenvalue weighted by molar-refractivity contribution is -0.128. The molecule has 0 aliphatic rings. The molecule has 0 saturated heterocycles. The molecule has 0 saturated carbocycles. The highest BCUT2D eigenvalue weighted by atomic mass is 16.5. The predicted octanol–water partition coefficient (Wildman–Crippen LogP) is 1.44. The Kier molecular flexibility index (Phi) is 5.18. The van der Waals surface area contributed by atoms with Crippen LogP contribution in [0.1, 0.15) is 44.5 Å². The van der Waals surface area contributed by atoms with Crippen molar-refractivity contribution in [3.63, 3.8) is 0 Å². The molecule has 6 heteroatoms. The highest BCUT2D eigenvalue weighted by Gasteiger charge is 2.24. The number of para-hydroxylation sites is 1. The van der Waals surface area contributed by atoms with Crippen LogP contribution in [0.2, 0.25) is 0 Å². The van der Waals surface area contributed by atoms with Crippen molar-refractivity contribution in [1.29, 1.82) is 0 Å². The van der Waals surface area contributed by atoms with Gasteiger partial charge in [-0.2, -0.15) is 0 Å². The van der Waals surface area contributed by atoms with Crippen LogP contribution in [0.4, 0.5) is 5.69 Å². The summed E-state index contributed by atoms with van der Waals surface area (Å²) in [6.07, 6.45) is -0.00973. The second-order valence-electron chi connectivity index (χ2n) is 5.57. The third kappa shape index (κ3) is 4.37. The van der Waals surface area contributed by atoms with Gasteiger partial charge in [0.25, 0.3) is 11.8 Å². The Hall–Kier alpha value is -2.24. The van der Waals surface area contributed by atoms with Crippen LogP contribution in [0.3, 0.4) is 0 Å². The van der Waals surface area contributed by atoms with Crippen LogP contribution in [-0.2, 0) is 4.79 Å². The van der Waals surface area contributed by atoms with Crippen molar-refractivity contribution in [3.05, 3.63) is 23.8 Å². The summed E-state index contributed by atoms with van der Waals surface area (Å²) < 4.78 is 5.55. The number of carbonyl (C=O) groups is 2. The minimum atomic E-state index is -0.793. The summed E-state index contributed by atoms with van der Waals surface area (Å²) in [5.74, 6) is -0.790. The number of nitrogen functional groups attached to an aromatic ring is 1. The molecule has 1 aromatic rings. The molecule has 5 N–H and O–H groups in total. The van der Waals surface area contributed by atoms with Crippen molar-refractivity contribution < 1.29 is 14.3 Å². The van der Waals surface area contributed by atoms with E-state index in [-0.39, 0.29) is 28.4 Å². The molecule has 1 unspecified atom stereocenters. The Morgan fingerprint density at radius 1 is 1.38 bits per heavy atom. The Morgan fingerprint density at radius 2 is 2.00 bits per heavy atom. The van der Waals surface area contributed by atoms with Crippen molar-refractivity contribution in [2.75, 3.05) is 5.73 Å². The Bertz CT molecular complexity index is 541. The summed E-state index contributed by atoms with van der Waals surface area (Å²) in [6.45, 7) is 7.41. The van der Waals surface area contributed by atoms with Gasteiger partial charge in [-0.15, -0.1) is 0 Å². The van der Waals surface area contributed by atoms with Crippen LogP contribution >= 0.6 is 0 Å². The van der Waals surface area contributed by atoms with Crippen LogP contribution in [0.25, 0.3) is 0 Å². The van der Waals surface area contributed by atoms with E-state index < -0.39 is 12.0 Å². The van der Waals surface area contributed by atoms with Gasteiger partial charge in [-0.25, -0.2) is 0 Å². The van der Waals surface area contributed by atoms with E-state index in [1.54, 1.807) is 19.1 Å². The highest BCUT2D eigenvalue weighted by molar-refractivity contribution is 5.97. The fourth-order valence-corrected chi connectivity index (χ4v) is 1.63. The number of nitrogens with one attached hydrogen (secondary N) is 1. The van der Waals surface area contributed by atoms with Crippen molar-refractivity contribution in [1.82, 2.24) is 5.32 Å². The summed E-state index contributed by atoms with van der Waals surface area (Å²) in [4.78, 5) is 23.5. The molecule has 0 aliphatic carbocycles. The van der Waals surface area contributed by atoms with E-state index in [0.717, 1.165) is 6.42 Å². The van der Waals surface area contributed by atoms with Gasteiger partial charge in [-0.3, -0.25) is 9.59 Å². The molecule has 2 amide bonds. The van der Waals surface area contributed by atoms with Crippen molar-refractivity contribution in [2.24, 2.45) is 5.73 Å². The van der Waals surface area contributed by atoms with Crippen LogP contribution in [0.15, 0.2) is 18.2 Å². The summed E-state index contributed by atoms with van der Waals surface area (Å²) in [7, 11) is 0. The highest BCUT2D eigenvalue weighted by Crippen LogP contribution is 2.27. The molecule has 0 heterocycles. The molecule has 0 bridgehead atoms. The predicted molar refractivity (Wildman–Crippen MR) is 82.0 cm³/mol. The van der Waals surface area contributed by atoms with Gasteiger partial charge < -0.3 is 21.5 Å². The van der Waals surface area contributed by atoms with Gasteiger partial charge in [0.15, 0.2) is 11.9 Å². The summed E-state index contributed by atoms with van der Waals surface area (Å²) >= 11 is 0. The van der Waals surface area contributed by atoms with Gasteiger partial charge in [0, 0.05) is 5.54 Å². The van der Waals surface area contributed by atoms with Crippen molar-refractivity contribution in [2.45, 2.75) is 45.8 Å². The fraction of sp³-hybridized carbons (Fsp3) is 0.467. The van der Waals surface area contributed by atoms with E-state index in [1.807, 2.05) is 20.8 Å². The average molecular weight is 293 g/mol. The lowest BCUT2D eigenvalue weighted by atomic mass is 10.0. The molecule has 1 rings (SSSR count). The fourth-order valence-electron chi connectivity index (χ4n) is 1.63. The topological polar surface area (TPSA) is 107 Å². The smallest absolute Gasteiger partial charge is 0.261 e. The van der Waals surface area contributed by atoms with Crippen LogP contribution in [0.5, 0.6) is 5.75 Å². The molecule has 0 spiro atoms. The minimum Gasteiger partial charge on any atom is -0.478 e. The lowest BCUT2D eigenvalue weighted by Gasteiger charge is -2.27. The Morgan fingerprint density at radius 3 is 2.52 bits per heavy atom. The molecule has 116 valence electrons. The van der Waals surface area contributed by atoms with Crippen LogP contribution < -0.4 is 21.5 Å². The number of ether oxygens (including phenoxy) is 1. The van der Waals surface area contributed by atoms with Crippen molar-refractivity contribution in [3.8, 4) is 5.75 Å². The van der Waals surface area contributed by atoms with Crippen LogP contribution in [-0.4, -0.2) is 23.5 Å². The van der Waals surface area contributed by atoms with E-state index in [0.29, 0.717) is 0 Å². The van der Waals surface area contributed by atoms with E-state index >= 15 is 0 Å². The number of benzene rings is 1. The molecular formula is C15H23N3O3. The SMILES string of the molecule is CCC(C)(C)NC(=O)C(C)Oc1c(N)cccc1C(N)=O. The van der Waals surface area contributed by atoms with E-state index in [2.05, 4.69) is 5.32 Å². The van der Waals surface area contributed by atoms with Crippen LogP contribution in [0, 0.1) is 0 Å². The van der Waals surface area contributed by atoms with Gasteiger partial charge in [0.1, 0.15) is 0 Å². The minimum absolute atomic E-state index is 0.141. The van der Waals surface area contributed by atoms with Gasteiger partial charge in [0.2, 0.25) is 0 Å². The Labute approximate surface area is 124 Å². The summed E-state index contributed by atoms with van der Waals surface area (Å²) in [5, 5.41) is 2.87. The van der Waals surface area contributed by atoms with E-state index in [1.165, 1.54) is 6.07 Å². The third-order valence-electron chi connectivity index (χ3n) is 3.32. The molecule has 0 radical (unpaired) electrons. The zero-order chi connectivity index (χ0) is 16.2. The zero-order valence-electron chi connectivity index (χ0n) is 12.9. The monoisotopic (exact) mass is 293 g/mol. The number of hydrogen-bond donors (Lipinski definition) is 3. The maximum Gasteiger partial charge on any atom is 0.261 e. The van der Waals surface area contributed by atoms with E-state index in [9.17, 15) is 9.59 Å². The van der Waals surface area contributed by atoms with Crippen molar-refractivity contribution >= 4 is 17.5 Å². The normalized spacial score (nSPS) is 12.6. The molecule has 6 nitrogen and oxygen atoms in total. The summed E-state index contributed by atoms with van der Waals surface area (Å²) in [6, 6.07) is 4.70. The van der Waals surface area contributed by atoms with Gasteiger partial charge >= 0.3 is 0 Å². The number of anilines is 1. The molecule has 0 aliphatic heterocycles. The molecular weight excluding hydrogens is 270 g/mol. The summed E-state index contributed by atoms with van der Waals surface area (Å²) in [5.41, 5.74) is 11.2. The first-order valence-electron chi connectivity index (χ1n) is 6.85. The molecule has 0 fully saturated rings.